The standard InChI is InChI=1S/C13H12N2O5S/c1-8(16)10-4-2-3-5-11(10)15-21(19,20)9-6-12(13(17)18)14-7-9/h2-7,14-15H,1H3,(H,17,18). The fourth-order valence-corrected chi connectivity index (χ4v) is 2.81. The lowest BCUT2D eigenvalue weighted by molar-refractivity contribution is 0.0691. The number of aromatic nitrogens is 1. The fourth-order valence-electron chi connectivity index (χ4n) is 1.74. The van der Waals surface area contributed by atoms with Crippen LogP contribution < -0.4 is 4.72 Å². The fraction of sp³-hybridized carbons (Fsp3) is 0.0769. The number of H-pyrrole nitrogens is 1. The molecular weight excluding hydrogens is 296 g/mol. The van der Waals surface area contributed by atoms with E-state index in [9.17, 15) is 18.0 Å². The Kier molecular flexibility index (Phi) is 3.81. The monoisotopic (exact) mass is 308 g/mol. The van der Waals surface area contributed by atoms with Crippen LogP contribution >= 0.6 is 0 Å². The Bertz CT molecular complexity index is 807. The molecule has 0 saturated heterocycles. The second-order valence-electron chi connectivity index (χ2n) is 4.26. The number of benzene rings is 1. The molecule has 0 saturated carbocycles. The molecule has 0 radical (unpaired) electrons. The lowest BCUT2D eigenvalue weighted by Gasteiger charge is -2.09. The minimum absolute atomic E-state index is 0.142. The van der Waals surface area contributed by atoms with Crippen LogP contribution in [0.15, 0.2) is 41.4 Å². The van der Waals surface area contributed by atoms with E-state index in [0.29, 0.717) is 0 Å². The minimum atomic E-state index is -3.98. The molecule has 0 spiro atoms. The molecular formula is C13H12N2O5S. The average molecular weight is 308 g/mol. The summed E-state index contributed by atoms with van der Waals surface area (Å²) in [4.78, 5) is 24.3. The lowest BCUT2D eigenvalue weighted by atomic mass is 10.1. The zero-order chi connectivity index (χ0) is 15.6. The topological polar surface area (TPSA) is 116 Å². The van der Waals surface area contributed by atoms with Gasteiger partial charge in [-0.3, -0.25) is 9.52 Å². The van der Waals surface area contributed by atoms with Crippen LogP contribution in [-0.4, -0.2) is 30.3 Å². The van der Waals surface area contributed by atoms with Crippen LogP contribution in [-0.2, 0) is 10.0 Å². The molecule has 0 amide bonds. The third-order valence-corrected chi connectivity index (χ3v) is 4.09. The quantitative estimate of drug-likeness (QED) is 0.727. The largest absolute Gasteiger partial charge is 0.477 e. The summed E-state index contributed by atoms with van der Waals surface area (Å²) in [6.07, 6.45) is 1.07. The number of ketones is 1. The summed E-state index contributed by atoms with van der Waals surface area (Å²) >= 11 is 0. The van der Waals surface area contributed by atoms with Crippen molar-refractivity contribution in [2.24, 2.45) is 0 Å². The van der Waals surface area contributed by atoms with Gasteiger partial charge in [-0.25, -0.2) is 13.2 Å². The number of carbonyl (C=O) groups excluding carboxylic acids is 1. The van der Waals surface area contributed by atoms with E-state index in [4.69, 9.17) is 5.11 Å². The van der Waals surface area contributed by atoms with Gasteiger partial charge in [0.25, 0.3) is 10.0 Å². The molecule has 8 heteroatoms. The van der Waals surface area contributed by atoms with Gasteiger partial charge in [0, 0.05) is 11.8 Å². The van der Waals surface area contributed by atoms with Gasteiger partial charge in [-0.05, 0) is 25.1 Å². The number of aromatic carboxylic acids is 1. The smallest absolute Gasteiger partial charge is 0.352 e. The van der Waals surface area contributed by atoms with Crippen molar-refractivity contribution in [2.75, 3.05) is 4.72 Å². The van der Waals surface area contributed by atoms with Crippen molar-refractivity contribution in [3.05, 3.63) is 47.8 Å². The van der Waals surface area contributed by atoms with Crippen LogP contribution in [0.1, 0.15) is 27.8 Å². The molecule has 3 N–H and O–H groups in total. The van der Waals surface area contributed by atoms with E-state index in [1.54, 1.807) is 12.1 Å². The summed E-state index contributed by atoms with van der Waals surface area (Å²) in [6.45, 7) is 1.33. The van der Waals surface area contributed by atoms with Crippen LogP contribution in [0, 0.1) is 0 Å². The Morgan fingerprint density at radius 2 is 1.90 bits per heavy atom. The third kappa shape index (κ3) is 3.11. The molecule has 0 aliphatic carbocycles. The molecule has 0 aliphatic rings. The molecule has 21 heavy (non-hydrogen) atoms. The highest BCUT2D eigenvalue weighted by Gasteiger charge is 2.20. The summed E-state index contributed by atoms with van der Waals surface area (Å²) in [7, 11) is -3.98. The molecule has 0 fully saturated rings. The number of hydrogen-bond acceptors (Lipinski definition) is 4. The predicted molar refractivity (Wildman–Crippen MR) is 75.0 cm³/mol. The van der Waals surface area contributed by atoms with E-state index in [2.05, 4.69) is 9.71 Å². The number of aromatic amines is 1. The van der Waals surface area contributed by atoms with Gasteiger partial charge in [-0.15, -0.1) is 0 Å². The van der Waals surface area contributed by atoms with E-state index in [1.165, 1.54) is 19.1 Å². The second kappa shape index (κ2) is 5.41. The molecule has 2 aromatic rings. The summed E-state index contributed by atoms with van der Waals surface area (Å²) in [5, 5.41) is 8.78. The average Bonchev–Trinajstić information content (AvgIpc) is 2.89. The molecule has 0 bridgehead atoms. The SMILES string of the molecule is CC(=O)c1ccccc1NS(=O)(=O)c1c[nH]c(C(=O)O)c1. The van der Waals surface area contributed by atoms with Gasteiger partial charge in [-0.2, -0.15) is 0 Å². The molecule has 1 aromatic carbocycles. The number of Topliss-reactive ketones (excluding diaryl/α,β-unsaturated/α-hetero) is 1. The number of carboxylic acids is 1. The Hall–Kier alpha value is -2.61. The molecule has 1 aromatic heterocycles. The normalized spacial score (nSPS) is 11.1. The van der Waals surface area contributed by atoms with E-state index in [0.717, 1.165) is 12.3 Å². The molecule has 7 nitrogen and oxygen atoms in total. The Morgan fingerprint density at radius 3 is 2.48 bits per heavy atom. The van der Waals surface area contributed by atoms with Gasteiger partial charge < -0.3 is 10.1 Å². The first-order valence-corrected chi connectivity index (χ1v) is 7.34. The highest BCUT2D eigenvalue weighted by atomic mass is 32.2. The van der Waals surface area contributed by atoms with E-state index in [-0.39, 0.29) is 27.6 Å². The highest BCUT2D eigenvalue weighted by Crippen LogP contribution is 2.21. The maximum atomic E-state index is 12.2. The third-order valence-electron chi connectivity index (χ3n) is 2.75. The van der Waals surface area contributed by atoms with Crippen molar-refractivity contribution < 1.29 is 23.1 Å². The van der Waals surface area contributed by atoms with Crippen molar-refractivity contribution in [3.8, 4) is 0 Å². The van der Waals surface area contributed by atoms with E-state index in [1.807, 2.05) is 0 Å². The summed E-state index contributed by atoms with van der Waals surface area (Å²) in [6, 6.07) is 7.16. The second-order valence-corrected chi connectivity index (χ2v) is 5.94. The van der Waals surface area contributed by atoms with Gasteiger partial charge >= 0.3 is 5.97 Å². The number of hydrogen-bond donors (Lipinski definition) is 3. The van der Waals surface area contributed by atoms with E-state index >= 15 is 0 Å². The Morgan fingerprint density at radius 1 is 1.24 bits per heavy atom. The number of anilines is 1. The maximum Gasteiger partial charge on any atom is 0.352 e. The lowest BCUT2D eigenvalue weighted by Crippen LogP contribution is -2.14. The number of para-hydroxylation sites is 1. The molecule has 0 unspecified atom stereocenters. The first-order valence-electron chi connectivity index (χ1n) is 5.86. The molecule has 110 valence electrons. The molecule has 0 aliphatic heterocycles. The number of carboxylic acid groups (broad SMARTS) is 1. The first-order chi connectivity index (χ1) is 9.81. The van der Waals surface area contributed by atoms with Crippen molar-refractivity contribution in [1.29, 1.82) is 0 Å². The summed E-state index contributed by atoms with van der Waals surface area (Å²) in [5.74, 6) is -1.55. The van der Waals surface area contributed by atoms with Crippen molar-refractivity contribution in [2.45, 2.75) is 11.8 Å². The van der Waals surface area contributed by atoms with Crippen molar-refractivity contribution in [3.63, 3.8) is 0 Å². The van der Waals surface area contributed by atoms with Crippen LogP contribution in [0.5, 0.6) is 0 Å². The van der Waals surface area contributed by atoms with Crippen LogP contribution in [0.3, 0.4) is 0 Å². The van der Waals surface area contributed by atoms with Crippen LogP contribution in [0.25, 0.3) is 0 Å². The molecule has 0 atom stereocenters. The molecule has 2 rings (SSSR count). The minimum Gasteiger partial charge on any atom is -0.477 e. The van der Waals surface area contributed by atoms with E-state index < -0.39 is 16.0 Å². The van der Waals surface area contributed by atoms with Gasteiger partial charge in [-0.1, -0.05) is 12.1 Å². The maximum absolute atomic E-state index is 12.2. The summed E-state index contributed by atoms with van der Waals surface area (Å²) in [5.41, 5.74) is 0.133. The Balaban J connectivity index is 2.37. The zero-order valence-electron chi connectivity index (χ0n) is 11.0. The number of rotatable bonds is 5. The van der Waals surface area contributed by atoms with Crippen molar-refractivity contribution >= 4 is 27.5 Å². The zero-order valence-corrected chi connectivity index (χ0v) is 11.8. The first kappa shape index (κ1) is 14.8. The van der Waals surface area contributed by atoms with Gasteiger partial charge in [0.2, 0.25) is 0 Å². The number of sulfonamides is 1. The predicted octanol–water partition coefficient (Wildman–Crippen LogP) is 1.72. The highest BCUT2D eigenvalue weighted by molar-refractivity contribution is 7.92. The number of nitrogens with one attached hydrogen (secondary N) is 2. The van der Waals surface area contributed by atoms with Gasteiger partial charge in [0.15, 0.2) is 5.78 Å². The summed E-state index contributed by atoms with van der Waals surface area (Å²) < 4.78 is 26.6. The van der Waals surface area contributed by atoms with Gasteiger partial charge in [0.05, 0.1) is 5.69 Å². The molecule has 1 heterocycles. The van der Waals surface area contributed by atoms with Gasteiger partial charge in [0.1, 0.15) is 10.6 Å². The Labute approximate surface area is 120 Å². The number of carbonyl (C=O) groups is 2. The van der Waals surface area contributed by atoms with Crippen LogP contribution in [0.4, 0.5) is 5.69 Å². The van der Waals surface area contributed by atoms with Crippen molar-refractivity contribution in [1.82, 2.24) is 4.98 Å². The van der Waals surface area contributed by atoms with Crippen LogP contribution in [0.2, 0.25) is 0 Å².